The Balaban J connectivity index is 2.17. The van der Waals surface area contributed by atoms with E-state index in [0.29, 0.717) is 24.6 Å². The number of methoxy groups -OCH3 is 2. The maximum absolute atomic E-state index is 12.8. The first kappa shape index (κ1) is 17.6. The Hall–Kier alpha value is -2.75. The summed E-state index contributed by atoms with van der Waals surface area (Å²) in [6.07, 6.45) is 1.99. The molecule has 126 valence electrons. The molecule has 2 aromatic rings. The van der Waals surface area contributed by atoms with Crippen molar-refractivity contribution in [3.05, 3.63) is 72.3 Å². The van der Waals surface area contributed by atoms with Crippen LogP contribution in [0.1, 0.15) is 11.1 Å². The largest absolute Gasteiger partial charge is 0.497 e. The lowest BCUT2D eigenvalue weighted by Gasteiger charge is -2.22. The highest BCUT2D eigenvalue weighted by Gasteiger charge is 2.16. The molecule has 0 N–H and O–H groups in total. The second-order valence-corrected chi connectivity index (χ2v) is 5.40. The number of rotatable bonds is 8. The lowest BCUT2D eigenvalue weighted by molar-refractivity contribution is -0.130. The van der Waals surface area contributed by atoms with Gasteiger partial charge in [0.1, 0.15) is 11.5 Å². The first-order valence-corrected chi connectivity index (χ1v) is 7.81. The topological polar surface area (TPSA) is 38.8 Å². The van der Waals surface area contributed by atoms with Gasteiger partial charge in [0.15, 0.2) is 0 Å². The monoisotopic (exact) mass is 325 g/mol. The Morgan fingerprint density at radius 1 is 1.12 bits per heavy atom. The van der Waals surface area contributed by atoms with E-state index in [1.807, 2.05) is 48.5 Å². The Morgan fingerprint density at radius 3 is 2.50 bits per heavy atom. The molecule has 2 aromatic carbocycles. The molecule has 0 aromatic heterocycles. The highest BCUT2D eigenvalue weighted by molar-refractivity contribution is 5.80. The summed E-state index contributed by atoms with van der Waals surface area (Å²) in [7, 11) is 3.20. The molecule has 0 spiro atoms. The van der Waals surface area contributed by atoms with Gasteiger partial charge in [-0.15, -0.1) is 6.58 Å². The van der Waals surface area contributed by atoms with Gasteiger partial charge in [0.05, 0.1) is 20.6 Å². The van der Waals surface area contributed by atoms with Crippen LogP contribution in [0.25, 0.3) is 0 Å². The van der Waals surface area contributed by atoms with Gasteiger partial charge < -0.3 is 14.4 Å². The Bertz CT molecular complexity index is 683. The van der Waals surface area contributed by atoms with Crippen LogP contribution in [0.5, 0.6) is 11.5 Å². The van der Waals surface area contributed by atoms with Crippen LogP contribution in [0.2, 0.25) is 0 Å². The van der Waals surface area contributed by atoms with Crippen LogP contribution >= 0.6 is 0 Å². The van der Waals surface area contributed by atoms with Crippen molar-refractivity contribution in [3.8, 4) is 11.5 Å². The molecule has 4 nitrogen and oxygen atoms in total. The number of hydrogen-bond donors (Lipinski definition) is 0. The quantitative estimate of drug-likeness (QED) is 0.698. The van der Waals surface area contributed by atoms with E-state index in [0.717, 1.165) is 11.1 Å². The van der Waals surface area contributed by atoms with E-state index < -0.39 is 0 Å². The molecule has 2 rings (SSSR count). The molecule has 0 fully saturated rings. The molecule has 0 atom stereocenters. The molecule has 0 radical (unpaired) electrons. The molecule has 0 bridgehead atoms. The van der Waals surface area contributed by atoms with E-state index in [-0.39, 0.29) is 12.3 Å². The molecule has 4 heteroatoms. The highest BCUT2D eigenvalue weighted by Crippen LogP contribution is 2.25. The molecular formula is C20H23NO3. The summed E-state index contributed by atoms with van der Waals surface area (Å²) in [6.45, 7) is 4.81. The molecule has 0 saturated carbocycles. The van der Waals surface area contributed by atoms with Crippen molar-refractivity contribution in [1.82, 2.24) is 4.90 Å². The lowest BCUT2D eigenvalue weighted by Crippen LogP contribution is -2.32. The standard InChI is InChI=1S/C20H23NO3/c1-4-12-21(15-16-8-6-5-7-9-16)20(22)14-17-13-18(23-2)10-11-19(17)24-3/h4-11,13H,1,12,14-15H2,2-3H3. The van der Waals surface area contributed by atoms with Gasteiger partial charge in [0.25, 0.3) is 0 Å². The van der Waals surface area contributed by atoms with E-state index in [9.17, 15) is 4.79 Å². The van der Waals surface area contributed by atoms with Crippen molar-refractivity contribution >= 4 is 5.91 Å². The summed E-state index contributed by atoms with van der Waals surface area (Å²) in [5, 5.41) is 0. The molecule has 0 aliphatic carbocycles. The molecule has 24 heavy (non-hydrogen) atoms. The van der Waals surface area contributed by atoms with Gasteiger partial charge in [0, 0.05) is 18.7 Å². The van der Waals surface area contributed by atoms with Crippen LogP contribution in [-0.2, 0) is 17.8 Å². The van der Waals surface area contributed by atoms with E-state index >= 15 is 0 Å². The van der Waals surface area contributed by atoms with Crippen molar-refractivity contribution in [2.24, 2.45) is 0 Å². The molecule has 1 amide bonds. The third-order valence-corrected chi connectivity index (χ3v) is 3.75. The van der Waals surface area contributed by atoms with Gasteiger partial charge in [-0.2, -0.15) is 0 Å². The SMILES string of the molecule is C=CCN(Cc1ccccc1)C(=O)Cc1cc(OC)ccc1OC. The number of amides is 1. The Morgan fingerprint density at radius 2 is 1.88 bits per heavy atom. The van der Waals surface area contributed by atoms with Gasteiger partial charge in [-0.1, -0.05) is 36.4 Å². The summed E-state index contributed by atoms with van der Waals surface area (Å²) in [5.41, 5.74) is 1.90. The second-order valence-electron chi connectivity index (χ2n) is 5.40. The minimum atomic E-state index is 0.0188. The number of ether oxygens (including phenoxy) is 2. The zero-order valence-corrected chi connectivity index (χ0v) is 14.2. The minimum Gasteiger partial charge on any atom is -0.497 e. The Kier molecular flexibility index (Phi) is 6.43. The van der Waals surface area contributed by atoms with Crippen molar-refractivity contribution in [1.29, 1.82) is 0 Å². The zero-order valence-electron chi connectivity index (χ0n) is 14.2. The summed E-state index contributed by atoms with van der Waals surface area (Å²) in [6, 6.07) is 15.4. The van der Waals surface area contributed by atoms with E-state index in [2.05, 4.69) is 6.58 Å². The van der Waals surface area contributed by atoms with Crippen molar-refractivity contribution in [2.45, 2.75) is 13.0 Å². The van der Waals surface area contributed by atoms with Crippen molar-refractivity contribution in [2.75, 3.05) is 20.8 Å². The first-order valence-electron chi connectivity index (χ1n) is 7.81. The van der Waals surface area contributed by atoms with Gasteiger partial charge in [-0.3, -0.25) is 4.79 Å². The van der Waals surface area contributed by atoms with E-state index in [4.69, 9.17) is 9.47 Å². The molecule has 0 aliphatic rings. The second kappa shape index (κ2) is 8.77. The summed E-state index contributed by atoms with van der Waals surface area (Å²) in [4.78, 5) is 14.5. The number of benzene rings is 2. The minimum absolute atomic E-state index is 0.0188. The third kappa shape index (κ3) is 4.62. The molecule has 0 heterocycles. The number of carbonyl (C=O) groups is 1. The number of nitrogens with zero attached hydrogens (tertiary/aromatic N) is 1. The van der Waals surface area contributed by atoms with Gasteiger partial charge in [-0.25, -0.2) is 0 Å². The van der Waals surface area contributed by atoms with E-state index in [1.54, 1.807) is 25.2 Å². The van der Waals surface area contributed by atoms with Crippen LogP contribution in [0.15, 0.2) is 61.2 Å². The fourth-order valence-electron chi connectivity index (χ4n) is 2.51. The van der Waals surface area contributed by atoms with Gasteiger partial charge in [0.2, 0.25) is 5.91 Å². The zero-order chi connectivity index (χ0) is 17.4. The lowest BCUT2D eigenvalue weighted by atomic mass is 10.1. The fourth-order valence-corrected chi connectivity index (χ4v) is 2.51. The van der Waals surface area contributed by atoms with Crippen molar-refractivity contribution < 1.29 is 14.3 Å². The Labute approximate surface area is 143 Å². The summed E-state index contributed by atoms with van der Waals surface area (Å²) in [5.74, 6) is 1.41. The number of carbonyl (C=O) groups excluding carboxylic acids is 1. The average Bonchev–Trinajstić information content (AvgIpc) is 2.62. The summed E-state index contributed by atoms with van der Waals surface area (Å²) >= 11 is 0. The van der Waals surface area contributed by atoms with Crippen LogP contribution in [0.3, 0.4) is 0 Å². The van der Waals surface area contributed by atoms with Gasteiger partial charge >= 0.3 is 0 Å². The first-order chi connectivity index (χ1) is 11.7. The fraction of sp³-hybridized carbons (Fsp3) is 0.250. The van der Waals surface area contributed by atoms with Gasteiger partial charge in [-0.05, 0) is 23.8 Å². The summed E-state index contributed by atoms with van der Waals surface area (Å²) < 4.78 is 10.6. The predicted molar refractivity (Wildman–Crippen MR) is 95.3 cm³/mol. The smallest absolute Gasteiger partial charge is 0.227 e. The normalized spacial score (nSPS) is 10.1. The van der Waals surface area contributed by atoms with Crippen LogP contribution in [-0.4, -0.2) is 31.6 Å². The van der Waals surface area contributed by atoms with Crippen LogP contribution < -0.4 is 9.47 Å². The predicted octanol–water partition coefficient (Wildman–Crippen LogP) is 3.46. The van der Waals surface area contributed by atoms with Crippen LogP contribution in [0, 0.1) is 0 Å². The number of hydrogen-bond acceptors (Lipinski definition) is 3. The maximum atomic E-state index is 12.8. The van der Waals surface area contributed by atoms with Crippen molar-refractivity contribution in [3.63, 3.8) is 0 Å². The maximum Gasteiger partial charge on any atom is 0.227 e. The molecule has 0 aliphatic heterocycles. The molecule has 0 saturated heterocycles. The van der Waals surface area contributed by atoms with E-state index in [1.165, 1.54) is 0 Å². The highest BCUT2D eigenvalue weighted by atomic mass is 16.5. The van der Waals surface area contributed by atoms with Crippen LogP contribution in [0.4, 0.5) is 0 Å². The third-order valence-electron chi connectivity index (χ3n) is 3.75. The molecular weight excluding hydrogens is 302 g/mol. The average molecular weight is 325 g/mol. The molecule has 0 unspecified atom stereocenters.